The molecule has 4 nitrogen and oxygen atoms in total. The quantitative estimate of drug-likeness (QED) is 0.773. The lowest BCUT2D eigenvalue weighted by molar-refractivity contribution is -0.116. The van der Waals surface area contributed by atoms with Crippen LogP contribution in [-0.4, -0.2) is 16.1 Å². The van der Waals surface area contributed by atoms with E-state index in [1.165, 1.54) is 17.4 Å². The zero-order valence-electron chi connectivity index (χ0n) is 12.2. The van der Waals surface area contributed by atoms with Crippen LogP contribution in [0.15, 0.2) is 54.6 Å². The Bertz CT molecular complexity index is 804. The predicted octanol–water partition coefficient (Wildman–Crippen LogP) is 3.92. The van der Waals surface area contributed by atoms with Crippen molar-refractivity contribution in [1.29, 1.82) is 0 Å². The van der Waals surface area contributed by atoms with E-state index >= 15 is 0 Å². The van der Waals surface area contributed by atoms with Crippen molar-refractivity contribution in [3.63, 3.8) is 0 Å². The van der Waals surface area contributed by atoms with Crippen LogP contribution >= 0.6 is 11.3 Å². The van der Waals surface area contributed by atoms with E-state index in [4.69, 9.17) is 0 Å². The molecule has 2 aromatic carbocycles. The van der Waals surface area contributed by atoms with Crippen LogP contribution in [-0.2, 0) is 11.2 Å². The Labute approximate surface area is 137 Å². The largest absolute Gasteiger partial charge is 0.301 e. The molecular formula is C17H14FN3OS. The second-order valence-corrected chi connectivity index (χ2v) is 5.90. The van der Waals surface area contributed by atoms with E-state index in [0.29, 0.717) is 17.1 Å². The zero-order valence-corrected chi connectivity index (χ0v) is 13.0. The summed E-state index contributed by atoms with van der Waals surface area (Å²) in [4.78, 5) is 11.9. The molecule has 0 saturated heterocycles. The first kappa shape index (κ1) is 15.3. The monoisotopic (exact) mass is 327 g/mol. The van der Waals surface area contributed by atoms with E-state index in [9.17, 15) is 9.18 Å². The standard InChI is InChI=1S/C17H14FN3OS/c18-14-9-5-4-6-12(14)10-11-15(22)19-17-21-20-16(23-17)13-7-2-1-3-8-13/h1-9H,10-11H2,(H,19,21,22). The summed E-state index contributed by atoms with van der Waals surface area (Å²) in [6, 6.07) is 16.1. The van der Waals surface area contributed by atoms with Gasteiger partial charge in [0.25, 0.3) is 0 Å². The van der Waals surface area contributed by atoms with E-state index < -0.39 is 0 Å². The van der Waals surface area contributed by atoms with Gasteiger partial charge < -0.3 is 5.32 Å². The van der Waals surface area contributed by atoms with Crippen molar-refractivity contribution in [2.24, 2.45) is 0 Å². The number of nitrogens with zero attached hydrogens (tertiary/aromatic N) is 2. The highest BCUT2D eigenvalue weighted by atomic mass is 32.1. The average Bonchev–Trinajstić information content (AvgIpc) is 3.03. The Morgan fingerprint density at radius 1 is 1.04 bits per heavy atom. The van der Waals surface area contributed by atoms with Crippen LogP contribution in [0.5, 0.6) is 0 Å². The SMILES string of the molecule is O=C(CCc1ccccc1F)Nc1nnc(-c2ccccc2)s1. The van der Waals surface area contributed by atoms with Gasteiger partial charge in [-0.3, -0.25) is 4.79 Å². The lowest BCUT2D eigenvalue weighted by atomic mass is 10.1. The fourth-order valence-corrected chi connectivity index (χ4v) is 2.87. The lowest BCUT2D eigenvalue weighted by Crippen LogP contribution is -2.12. The number of nitrogens with one attached hydrogen (secondary N) is 1. The van der Waals surface area contributed by atoms with Crippen LogP contribution in [0.1, 0.15) is 12.0 Å². The van der Waals surface area contributed by atoms with Crippen molar-refractivity contribution in [2.75, 3.05) is 5.32 Å². The summed E-state index contributed by atoms with van der Waals surface area (Å²) >= 11 is 1.31. The van der Waals surface area contributed by atoms with Gasteiger partial charge >= 0.3 is 0 Å². The van der Waals surface area contributed by atoms with E-state index in [1.807, 2.05) is 30.3 Å². The van der Waals surface area contributed by atoms with Crippen molar-refractivity contribution in [1.82, 2.24) is 10.2 Å². The van der Waals surface area contributed by atoms with Crippen LogP contribution in [0, 0.1) is 5.82 Å². The number of carbonyl (C=O) groups excluding carboxylic acids is 1. The maximum Gasteiger partial charge on any atom is 0.226 e. The predicted molar refractivity (Wildman–Crippen MR) is 88.7 cm³/mol. The van der Waals surface area contributed by atoms with Crippen LogP contribution < -0.4 is 5.32 Å². The number of amides is 1. The van der Waals surface area contributed by atoms with Gasteiger partial charge in [-0.05, 0) is 18.1 Å². The Balaban J connectivity index is 1.58. The first-order valence-electron chi connectivity index (χ1n) is 7.14. The van der Waals surface area contributed by atoms with E-state index in [-0.39, 0.29) is 18.1 Å². The first-order valence-corrected chi connectivity index (χ1v) is 7.96. The van der Waals surface area contributed by atoms with E-state index in [0.717, 1.165) is 10.6 Å². The maximum atomic E-state index is 13.5. The highest BCUT2D eigenvalue weighted by Crippen LogP contribution is 2.26. The summed E-state index contributed by atoms with van der Waals surface area (Å²) in [5, 5.41) is 11.9. The van der Waals surface area contributed by atoms with Gasteiger partial charge in [0.05, 0.1) is 0 Å². The van der Waals surface area contributed by atoms with Crippen molar-refractivity contribution >= 4 is 22.4 Å². The molecule has 1 N–H and O–H groups in total. The Morgan fingerprint density at radius 2 is 1.78 bits per heavy atom. The number of aromatic nitrogens is 2. The van der Waals surface area contributed by atoms with Gasteiger partial charge in [-0.15, -0.1) is 10.2 Å². The molecule has 3 rings (SSSR count). The molecule has 3 aromatic rings. The molecule has 1 amide bonds. The fourth-order valence-electron chi connectivity index (χ4n) is 2.10. The minimum atomic E-state index is -0.289. The Kier molecular flexibility index (Phi) is 4.73. The topological polar surface area (TPSA) is 54.9 Å². The number of hydrogen-bond acceptors (Lipinski definition) is 4. The van der Waals surface area contributed by atoms with Crippen molar-refractivity contribution in [2.45, 2.75) is 12.8 Å². The van der Waals surface area contributed by atoms with Crippen molar-refractivity contribution < 1.29 is 9.18 Å². The Morgan fingerprint density at radius 3 is 2.57 bits per heavy atom. The van der Waals surface area contributed by atoms with Gasteiger partial charge in [0.2, 0.25) is 11.0 Å². The van der Waals surface area contributed by atoms with Gasteiger partial charge in [0, 0.05) is 12.0 Å². The fraction of sp³-hybridized carbons (Fsp3) is 0.118. The van der Waals surface area contributed by atoms with E-state index in [2.05, 4.69) is 15.5 Å². The maximum absolute atomic E-state index is 13.5. The summed E-state index contributed by atoms with van der Waals surface area (Å²) < 4.78 is 13.5. The Hall–Kier alpha value is -2.60. The first-order chi connectivity index (χ1) is 11.2. The van der Waals surface area contributed by atoms with Gasteiger partial charge in [0.1, 0.15) is 10.8 Å². The van der Waals surface area contributed by atoms with Crippen LogP contribution in [0.25, 0.3) is 10.6 Å². The third kappa shape index (κ3) is 3.98. The molecular weight excluding hydrogens is 313 g/mol. The van der Waals surface area contributed by atoms with Gasteiger partial charge in [-0.2, -0.15) is 0 Å². The number of carbonyl (C=O) groups is 1. The average molecular weight is 327 g/mol. The molecule has 0 aliphatic carbocycles. The minimum absolute atomic E-state index is 0.196. The normalized spacial score (nSPS) is 10.5. The highest BCUT2D eigenvalue weighted by molar-refractivity contribution is 7.18. The lowest BCUT2D eigenvalue weighted by Gasteiger charge is -2.02. The van der Waals surface area contributed by atoms with Crippen LogP contribution in [0.2, 0.25) is 0 Å². The molecule has 23 heavy (non-hydrogen) atoms. The molecule has 0 aliphatic heterocycles. The van der Waals surface area contributed by atoms with Gasteiger partial charge in [0.15, 0.2) is 0 Å². The minimum Gasteiger partial charge on any atom is -0.301 e. The zero-order chi connectivity index (χ0) is 16.1. The number of hydrogen-bond donors (Lipinski definition) is 1. The van der Waals surface area contributed by atoms with Gasteiger partial charge in [-0.25, -0.2) is 4.39 Å². The molecule has 0 saturated carbocycles. The number of aryl methyl sites for hydroxylation is 1. The number of rotatable bonds is 5. The molecule has 0 spiro atoms. The summed E-state index contributed by atoms with van der Waals surface area (Å²) in [6.45, 7) is 0. The molecule has 116 valence electrons. The molecule has 0 aliphatic rings. The molecule has 0 bridgehead atoms. The second kappa shape index (κ2) is 7.11. The molecule has 1 aromatic heterocycles. The number of benzene rings is 2. The highest BCUT2D eigenvalue weighted by Gasteiger charge is 2.10. The van der Waals surface area contributed by atoms with Crippen LogP contribution in [0.3, 0.4) is 0 Å². The van der Waals surface area contributed by atoms with Crippen LogP contribution in [0.4, 0.5) is 9.52 Å². The van der Waals surface area contributed by atoms with Crippen molar-refractivity contribution in [3.05, 3.63) is 66.0 Å². The third-order valence-electron chi connectivity index (χ3n) is 3.27. The van der Waals surface area contributed by atoms with Crippen molar-refractivity contribution in [3.8, 4) is 10.6 Å². The van der Waals surface area contributed by atoms with Gasteiger partial charge in [-0.1, -0.05) is 59.9 Å². The summed E-state index contributed by atoms with van der Waals surface area (Å²) in [5.41, 5.74) is 1.49. The number of anilines is 1. The molecule has 0 fully saturated rings. The molecule has 1 heterocycles. The smallest absolute Gasteiger partial charge is 0.226 e. The third-order valence-corrected chi connectivity index (χ3v) is 4.16. The number of halogens is 1. The van der Waals surface area contributed by atoms with E-state index in [1.54, 1.807) is 18.2 Å². The molecule has 6 heteroatoms. The second-order valence-electron chi connectivity index (χ2n) is 4.92. The summed E-state index contributed by atoms with van der Waals surface area (Å²) in [6.07, 6.45) is 0.546. The summed E-state index contributed by atoms with van der Waals surface area (Å²) in [5.74, 6) is -0.494. The molecule has 0 unspecified atom stereocenters. The molecule has 0 radical (unpaired) electrons. The molecule has 0 atom stereocenters. The summed E-state index contributed by atoms with van der Waals surface area (Å²) in [7, 11) is 0.